The summed E-state index contributed by atoms with van der Waals surface area (Å²) in [6, 6.07) is 15.7. The third kappa shape index (κ3) is 6.73. The molecule has 5 heterocycles. The molecule has 8 rings (SSSR count). The van der Waals surface area contributed by atoms with E-state index in [1.165, 1.54) is 74.1 Å². The zero-order valence-corrected chi connectivity index (χ0v) is 31.8. The number of ether oxygens (including phenoxy) is 1. The van der Waals surface area contributed by atoms with Crippen molar-refractivity contribution < 1.29 is 4.74 Å². The van der Waals surface area contributed by atoms with Gasteiger partial charge in [-0.3, -0.25) is 4.90 Å². The summed E-state index contributed by atoms with van der Waals surface area (Å²) < 4.78 is 5.96. The van der Waals surface area contributed by atoms with Gasteiger partial charge in [-0.1, -0.05) is 0 Å². The Morgan fingerprint density at radius 1 is 0.860 bits per heavy atom. The molecule has 0 amide bonds. The molecule has 264 valence electrons. The van der Waals surface area contributed by atoms with E-state index in [4.69, 9.17) is 31.9 Å². The number of nitrogens with one attached hydrogen (secondary N) is 3. The van der Waals surface area contributed by atoms with Gasteiger partial charge in [0.25, 0.3) is 0 Å². The number of hydrogen-bond acceptors (Lipinski definition) is 10. The number of aromatic nitrogens is 4. The maximum atomic E-state index is 5.96. The summed E-state index contributed by atoms with van der Waals surface area (Å²) in [6.45, 7) is 11.4. The minimum atomic E-state index is -2.10. The third-order valence-electron chi connectivity index (χ3n) is 10.8. The molecule has 3 aromatic heterocycles. The molecule has 2 saturated heterocycles. The zero-order chi connectivity index (χ0) is 34.6. The van der Waals surface area contributed by atoms with Crippen LogP contribution in [-0.4, -0.2) is 103 Å². The number of pyridine rings is 1. The van der Waals surface area contributed by atoms with Crippen LogP contribution in [0, 0.1) is 6.92 Å². The fraction of sp³-hybridized carbons (Fsp3) is 0.447. The Labute approximate surface area is 300 Å². The zero-order valence-electron chi connectivity index (χ0n) is 29.9. The first-order valence-corrected chi connectivity index (χ1v) is 22.4. The van der Waals surface area contributed by atoms with E-state index < -0.39 is 6.46 Å². The number of hydrogen-bond donors (Lipinski definition) is 4. The first-order chi connectivity index (χ1) is 24.1. The summed E-state index contributed by atoms with van der Waals surface area (Å²) in [5.41, 5.74) is 7.26. The predicted octanol–water partition coefficient (Wildman–Crippen LogP) is 6.88. The number of fused-ring (bicyclic) bond motifs is 2. The van der Waals surface area contributed by atoms with Crippen LogP contribution in [-0.2, 0) is 0 Å². The summed E-state index contributed by atoms with van der Waals surface area (Å²) in [5.74, 6) is 2.60. The standard InChI is InChI=1S/C38H50N9OPS/c1-24-22-32(34(48-3)23-33(24)47-16-13-26(14-17-47)46-20-18-45(2)19-21-46)42-38-43-36-28(12-15-39-36)37(44-38)41-31-11-10-30-27(35(31)49(4,5)50)8-9-29(40-30)25-6-7-25/h8-12,15,22-23,25-26,49-50H,6-7,13-14,16-21H2,1-5H3,(H3,39,41,42,43,44). The molecule has 3 aliphatic rings. The quantitative estimate of drug-likeness (QED) is 0.0964. The molecule has 50 heavy (non-hydrogen) atoms. The van der Waals surface area contributed by atoms with E-state index in [9.17, 15) is 0 Å². The molecule has 1 aliphatic carbocycles. The molecule has 1 saturated carbocycles. The van der Waals surface area contributed by atoms with E-state index in [0.29, 0.717) is 17.9 Å². The maximum absolute atomic E-state index is 5.96. The first kappa shape index (κ1) is 33.5. The molecule has 12 heteroatoms. The Hall–Kier alpha value is -3.63. The van der Waals surface area contributed by atoms with Crippen molar-refractivity contribution in [2.75, 3.05) is 82.3 Å². The SMILES string of the molecule is COc1cc(N2CCC(N3CCN(C)CC3)CC2)c(C)cc1Nc1nc(Nc2ccc3nc(C4CC4)ccc3c2[PH](C)(C)S)c2cc[nH]c2n1. The Bertz CT molecular complexity index is 2030. The van der Waals surface area contributed by atoms with E-state index in [1.807, 2.05) is 12.3 Å². The van der Waals surface area contributed by atoms with Crippen molar-refractivity contribution in [3.05, 3.63) is 59.9 Å². The monoisotopic (exact) mass is 711 g/mol. The number of aromatic amines is 1. The molecule has 5 aromatic rings. The summed E-state index contributed by atoms with van der Waals surface area (Å²) in [5, 5.41) is 10.5. The van der Waals surface area contributed by atoms with Crippen LogP contribution < -0.4 is 25.6 Å². The average molecular weight is 712 g/mol. The number of likely N-dealkylation sites (N-methyl/N-ethyl adjacent to an activating group) is 1. The van der Waals surface area contributed by atoms with E-state index in [1.54, 1.807) is 7.11 Å². The molecule has 3 fully saturated rings. The van der Waals surface area contributed by atoms with Crippen molar-refractivity contribution in [1.29, 1.82) is 0 Å². The van der Waals surface area contributed by atoms with Crippen molar-refractivity contribution in [3.8, 4) is 5.75 Å². The molecule has 2 aliphatic heterocycles. The van der Waals surface area contributed by atoms with Gasteiger partial charge in [-0.05, 0) is 19.9 Å². The van der Waals surface area contributed by atoms with Crippen LogP contribution in [0.15, 0.2) is 48.7 Å². The molecule has 2 aromatic carbocycles. The second kappa shape index (κ2) is 13.5. The average Bonchev–Trinajstić information content (AvgIpc) is 3.85. The van der Waals surface area contributed by atoms with E-state index in [-0.39, 0.29) is 0 Å². The molecular formula is C38H50N9OPS. The molecule has 0 radical (unpaired) electrons. The topological polar surface area (TPSA) is 97.5 Å². The van der Waals surface area contributed by atoms with Crippen LogP contribution in [0.2, 0.25) is 0 Å². The summed E-state index contributed by atoms with van der Waals surface area (Å²) in [4.78, 5) is 25.9. The minimum absolute atomic E-state index is 0.487. The van der Waals surface area contributed by atoms with E-state index in [2.05, 4.69) is 94.0 Å². The van der Waals surface area contributed by atoms with Gasteiger partial charge in [0.1, 0.15) is 0 Å². The van der Waals surface area contributed by atoms with Gasteiger partial charge in [0.15, 0.2) is 0 Å². The third-order valence-corrected chi connectivity index (χ3v) is 13.2. The van der Waals surface area contributed by atoms with E-state index in [0.717, 1.165) is 58.0 Å². The number of aryl methyl sites for hydroxylation is 1. The van der Waals surface area contributed by atoms with Crippen molar-refractivity contribution >= 4 is 74.8 Å². The second-order valence-electron chi connectivity index (χ2n) is 14.9. The molecule has 10 nitrogen and oxygen atoms in total. The van der Waals surface area contributed by atoms with Gasteiger partial charge < -0.3 is 4.90 Å². The van der Waals surface area contributed by atoms with Crippen molar-refractivity contribution in [3.63, 3.8) is 0 Å². The van der Waals surface area contributed by atoms with Gasteiger partial charge in [0, 0.05) is 45.3 Å². The summed E-state index contributed by atoms with van der Waals surface area (Å²) in [7, 11) is 3.96. The summed E-state index contributed by atoms with van der Waals surface area (Å²) in [6.07, 6.45) is 6.76. The molecule has 0 atom stereocenters. The number of nitrogens with zero attached hydrogens (tertiary/aromatic N) is 6. The second-order valence-corrected chi connectivity index (χ2v) is 21.9. The van der Waals surface area contributed by atoms with Crippen molar-refractivity contribution in [2.45, 2.75) is 44.6 Å². The van der Waals surface area contributed by atoms with Gasteiger partial charge in [0.05, 0.1) is 0 Å². The van der Waals surface area contributed by atoms with Crippen LogP contribution in [0.5, 0.6) is 5.75 Å². The number of piperazine rings is 1. The fourth-order valence-corrected chi connectivity index (χ4v) is 10.3. The van der Waals surface area contributed by atoms with Crippen LogP contribution in [0.1, 0.15) is 42.9 Å². The van der Waals surface area contributed by atoms with Gasteiger partial charge >= 0.3 is 227 Å². The van der Waals surface area contributed by atoms with Crippen molar-refractivity contribution in [1.82, 2.24) is 29.7 Å². The predicted molar refractivity (Wildman–Crippen MR) is 215 cm³/mol. The number of anilines is 5. The molecule has 0 bridgehead atoms. The number of methoxy groups -OCH3 is 1. The van der Waals surface area contributed by atoms with Gasteiger partial charge in [-0.25, -0.2) is 0 Å². The number of piperidine rings is 1. The number of benzene rings is 2. The Balaban J connectivity index is 1.06. The van der Waals surface area contributed by atoms with Crippen LogP contribution in [0.4, 0.5) is 28.8 Å². The Morgan fingerprint density at radius 3 is 2.36 bits per heavy atom. The van der Waals surface area contributed by atoms with Gasteiger partial charge in [-0.15, -0.1) is 0 Å². The molecule has 0 spiro atoms. The van der Waals surface area contributed by atoms with Gasteiger partial charge in [-0.2, -0.15) is 0 Å². The summed E-state index contributed by atoms with van der Waals surface area (Å²) >= 11 is 5.19. The molecule has 3 N–H and O–H groups in total. The number of H-pyrrole nitrogens is 1. The first-order valence-electron chi connectivity index (χ1n) is 18.1. The Kier molecular flexibility index (Phi) is 9.04. The number of rotatable bonds is 9. The van der Waals surface area contributed by atoms with E-state index >= 15 is 0 Å². The van der Waals surface area contributed by atoms with Crippen LogP contribution >= 0.6 is 18.7 Å². The Morgan fingerprint density at radius 2 is 1.64 bits per heavy atom. The number of thiol groups is 1. The van der Waals surface area contributed by atoms with Crippen LogP contribution in [0.3, 0.4) is 0 Å². The van der Waals surface area contributed by atoms with Gasteiger partial charge in [0.2, 0.25) is 0 Å². The normalized spacial score (nSPS) is 18.6. The molecule has 0 unspecified atom stereocenters. The molecular weight excluding hydrogens is 662 g/mol. The van der Waals surface area contributed by atoms with Crippen molar-refractivity contribution in [2.24, 2.45) is 0 Å². The fourth-order valence-electron chi connectivity index (χ4n) is 7.87. The van der Waals surface area contributed by atoms with Crippen LogP contribution in [0.25, 0.3) is 21.9 Å².